The summed E-state index contributed by atoms with van der Waals surface area (Å²) in [7, 11) is 0. The SMILES string of the molecule is CC(C)(C)C(=O)NC(c1ccncc1)c1ccc(F)cc1. The summed E-state index contributed by atoms with van der Waals surface area (Å²) in [5, 5.41) is 3.02. The number of aromatic nitrogens is 1. The Balaban J connectivity index is 2.36. The molecular weight excluding hydrogens is 267 g/mol. The van der Waals surface area contributed by atoms with Crippen LogP contribution in [0.1, 0.15) is 37.9 Å². The Morgan fingerprint density at radius 3 is 2.10 bits per heavy atom. The van der Waals surface area contributed by atoms with Gasteiger partial charge in [0.05, 0.1) is 6.04 Å². The van der Waals surface area contributed by atoms with E-state index in [9.17, 15) is 9.18 Å². The highest BCUT2D eigenvalue weighted by Gasteiger charge is 2.25. The molecule has 1 aromatic heterocycles. The highest BCUT2D eigenvalue weighted by atomic mass is 19.1. The molecule has 110 valence electrons. The van der Waals surface area contributed by atoms with E-state index in [1.54, 1.807) is 24.5 Å². The van der Waals surface area contributed by atoms with Crippen LogP contribution >= 0.6 is 0 Å². The highest BCUT2D eigenvalue weighted by Crippen LogP contribution is 2.24. The normalized spacial score (nSPS) is 12.8. The van der Waals surface area contributed by atoms with Crippen molar-refractivity contribution in [1.82, 2.24) is 10.3 Å². The first-order valence-electron chi connectivity index (χ1n) is 6.84. The average Bonchev–Trinajstić information content (AvgIpc) is 2.45. The lowest BCUT2D eigenvalue weighted by molar-refractivity contribution is -0.129. The zero-order chi connectivity index (χ0) is 15.5. The number of carbonyl (C=O) groups is 1. The fraction of sp³-hybridized carbons (Fsp3) is 0.294. The number of benzene rings is 1. The Morgan fingerprint density at radius 2 is 1.57 bits per heavy atom. The molecular formula is C17H19FN2O. The lowest BCUT2D eigenvalue weighted by atomic mass is 9.93. The molecule has 3 nitrogen and oxygen atoms in total. The fourth-order valence-electron chi connectivity index (χ4n) is 1.92. The van der Waals surface area contributed by atoms with Gasteiger partial charge in [0, 0.05) is 17.8 Å². The molecule has 21 heavy (non-hydrogen) atoms. The number of nitrogens with one attached hydrogen (secondary N) is 1. The van der Waals surface area contributed by atoms with Gasteiger partial charge < -0.3 is 5.32 Å². The Labute approximate surface area is 124 Å². The molecule has 4 heteroatoms. The lowest BCUT2D eigenvalue weighted by Crippen LogP contribution is -2.37. The molecule has 0 saturated carbocycles. The first-order valence-corrected chi connectivity index (χ1v) is 6.84. The minimum atomic E-state index is -0.495. The monoisotopic (exact) mass is 286 g/mol. The molecule has 1 heterocycles. The maximum absolute atomic E-state index is 13.1. The van der Waals surface area contributed by atoms with Gasteiger partial charge in [0.1, 0.15) is 5.82 Å². The van der Waals surface area contributed by atoms with E-state index in [2.05, 4.69) is 10.3 Å². The summed E-state index contributed by atoms with van der Waals surface area (Å²) >= 11 is 0. The van der Waals surface area contributed by atoms with Gasteiger partial charge in [0.25, 0.3) is 0 Å². The van der Waals surface area contributed by atoms with Crippen LogP contribution in [0.4, 0.5) is 4.39 Å². The van der Waals surface area contributed by atoms with E-state index < -0.39 is 5.41 Å². The number of pyridine rings is 1. The van der Waals surface area contributed by atoms with Gasteiger partial charge in [-0.25, -0.2) is 4.39 Å². The third-order valence-electron chi connectivity index (χ3n) is 3.20. The zero-order valence-corrected chi connectivity index (χ0v) is 12.4. The third-order valence-corrected chi connectivity index (χ3v) is 3.20. The molecule has 1 atom stereocenters. The molecule has 2 rings (SSSR count). The van der Waals surface area contributed by atoms with Gasteiger partial charge in [-0.2, -0.15) is 0 Å². The molecule has 1 unspecified atom stereocenters. The van der Waals surface area contributed by atoms with Crippen LogP contribution in [0.2, 0.25) is 0 Å². The molecule has 0 saturated heterocycles. The molecule has 0 aliphatic rings. The highest BCUT2D eigenvalue weighted by molar-refractivity contribution is 5.82. The van der Waals surface area contributed by atoms with Crippen molar-refractivity contribution in [2.45, 2.75) is 26.8 Å². The molecule has 0 radical (unpaired) electrons. The maximum Gasteiger partial charge on any atom is 0.226 e. The molecule has 1 amide bonds. The average molecular weight is 286 g/mol. The lowest BCUT2D eigenvalue weighted by Gasteiger charge is -2.25. The van der Waals surface area contributed by atoms with Crippen LogP contribution in [0, 0.1) is 11.2 Å². The van der Waals surface area contributed by atoms with Crippen molar-refractivity contribution in [2.24, 2.45) is 5.41 Å². The van der Waals surface area contributed by atoms with E-state index in [1.165, 1.54) is 12.1 Å². The zero-order valence-electron chi connectivity index (χ0n) is 12.4. The Hall–Kier alpha value is -2.23. The van der Waals surface area contributed by atoms with Crippen molar-refractivity contribution in [3.8, 4) is 0 Å². The molecule has 1 aromatic carbocycles. The van der Waals surface area contributed by atoms with E-state index >= 15 is 0 Å². The first-order chi connectivity index (χ1) is 9.88. The number of nitrogens with zero attached hydrogens (tertiary/aromatic N) is 1. The van der Waals surface area contributed by atoms with E-state index in [1.807, 2.05) is 32.9 Å². The van der Waals surface area contributed by atoms with Gasteiger partial charge in [-0.3, -0.25) is 9.78 Å². The Morgan fingerprint density at radius 1 is 1.05 bits per heavy atom. The third kappa shape index (κ3) is 3.88. The number of hydrogen-bond donors (Lipinski definition) is 1. The quantitative estimate of drug-likeness (QED) is 0.938. The number of rotatable bonds is 3. The predicted molar refractivity (Wildman–Crippen MR) is 80.1 cm³/mol. The Bertz CT molecular complexity index is 603. The second-order valence-corrected chi connectivity index (χ2v) is 5.99. The van der Waals surface area contributed by atoms with Gasteiger partial charge in [-0.1, -0.05) is 32.9 Å². The fourth-order valence-corrected chi connectivity index (χ4v) is 1.92. The van der Waals surface area contributed by atoms with E-state index in [0.29, 0.717) is 0 Å². The van der Waals surface area contributed by atoms with Crippen LogP contribution in [0.3, 0.4) is 0 Å². The largest absolute Gasteiger partial charge is 0.345 e. The van der Waals surface area contributed by atoms with E-state index in [0.717, 1.165) is 11.1 Å². The molecule has 0 bridgehead atoms. The summed E-state index contributed by atoms with van der Waals surface area (Å²) in [6, 6.07) is 9.53. The predicted octanol–water partition coefficient (Wildman–Crippen LogP) is 3.47. The summed E-state index contributed by atoms with van der Waals surface area (Å²) in [4.78, 5) is 16.3. The first kappa shape index (κ1) is 15.2. The van der Waals surface area contributed by atoms with Gasteiger partial charge in [0.15, 0.2) is 0 Å². The van der Waals surface area contributed by atoms with Crippen molar-refractivity contribution >= 4 is 5.91 Å². The molecule has 0 aliphatic carbocycles. The number of hydrogen-bond acceptors (Lipinski definition) is 2. The van der Waals surface area contributed by atoms with Crippen LogP contribution < -0.4 is 5.32 Å². The molecule has 2 aromatic rings. The van der Waals surface area contributed by atoms with Gasteiger partial charge in [-0.05, 0) is 35.4 Å². The second kappa shape index (κ2) is 6.04. The molecule has 0 fully saturated rings. The van der Waals surface area contributed by atoms with E-state index in [4.69, 9.17) is 0 Å². The van der Waals surface area contributed by atoms with E-state index in [-0.39, 0.29) is 17.8 Å². The van der Waals surface area contributed by atoms with Crippen LogP contribution in [0.25, 0.3) is 0 Å². The topological polar surface area (TPSA) is 42.0 Å². The van der Waals surface area contributed by atoms with Gasteiger partial charge in [0.2, 0.25) is 5.91 Å². The van der Waals surface area contributed by atoms with Crippen molar-refractivity contribution in [1.29, 1.82) is 0 Å². The molecule has 1 N–H and O–H groups in total. The second-order valence-electron chi connectivity index (χ2n) is 5.99. The van der Waals surface area contributed by atoms with Gasteiger partial charge >= 0.3 is 0 Å². The summed E-state index contributed by atoms with van der Waals surface area (Å²) in [5.74, 6) is -0.358. The van der Waals surface area contributed by atoms with Crippen molar-refractivity contribution in [2.75, 3.05) is 0 Å². The van der Waals surface area contributed by atoms with Crippen molar-refractivity contribution < 1.29 is 9.18 Å². The van der Waals surface area contributed by atoms with Crippen molar-refractivity contribution in [3.63, 3.8) is 0 Å². The van der Waals surface area contributed by atoms with Crippen molar-refractivity contribution in [3.05, 3.63) is 65.7 Å². The van der Waals surface area contributed by atoms with Crippen LogP contribution in [0.15, 0.2) is 48.8 Å². The van der Waals surface area contributed by atoms with Crippen LogP contribution in [0.5, 0.6) is 0 Å². The number of carbonyl (C=O) groups excluding carboxylic acids is 1. The van der Waals surface area contributed by atoms with Crippen LogP contribution in [-0.2, 0) is 4.79 Å². The van der Waals surface area contributed by atoms with Gasteiger partial charge in [-0.15, -0.1) is 0 Å². The van der Waals surface area contributed by atoms with Crippen LogP contribution in [-0.4, -0.2) is 10.9 Å². The smallest absolute Gasteiger partial charge is 0.226 e. The summed E-state index contributed by atoms with van der Waals surface area (Å²) in [5.41, 5.74) is 1.25. The summed E-state index contributed by atoms with van der Waals surface area (Å²) in [6.45, 7) is 5.57. The summed E-state index contributed by atoms with van der Waals surface area (Å²) in [6.07, 6.45) is 3.35. The summed E-state index contributed by atoms with van der Waals surface area (Å²) < 4.78 is 13.1. The Kier molecular flexibility index (Phi) is 4.36. The number of amides is 1. The molecule has 0 aliphatic heterocycles. The molecule has 0 spiro atoms. The number of halogens is 1. The minimum absolute atomic E-state index is 0.0614. The minimum Gasteiger partial charge on any atom is -0.345 e. The standard InChI is InChI=1S/C17H19FN2O/c1-17(2,3)16(21)20-15(13-8-10-19-11-9-13)12-4-6-14(18)7-5-12/h4-11,15H,1-3H3,(H,20,21). The maximum atomic E-state index is 13.1.